The quantitative estimate of drug-likeness (QED) is 0.471. The van der Waals surface area contributed by atoms with Gasteiger partial charge in [0.2, 0.25) is 21.8 Å². The van der Waals surface area contributed by atoms with Crippen LogP contribution in [0.1, 0.15) is 43.9 Å². The number of benzene rings is 2. The monoisotopic (exact) mass is 541 g/mol. The molecule has 0 aliphatic heterocycles. The number of rotatable bonds is 10. The summed E-state index contributed by atoms with van der Waals surface area (Å²) in [6.07, 6.45) is 1.40. The van der Waals surface area contributed by atoms with E-state index in [1.807, 2.05) is 19.9 Å². The second-order valence-corrected chi connectivity index (χ2v) is 11.6. The van der Waals surface area contributed by atoms with Crippen LogP contribution in [0.2, 0.25) is 10.0 Å². The van der Waals surface area contributed by atoms with E-state index in [4.69, 9.17) is 23.2 Å². The fourth-order valence-electron chi connectivity index (χ4n) is 3.91. The van der Waals surface area contributed by atoms with Crippen molar-refractivity contribution in [1.29, 1.82) is 0 Å². The molecule has 0 unspecified atom stereocenters. The minimum Gasteiger partial charge on any atom is -0.352 e. The van der Waals surface area contributed by atoms with E-state index in [0.29, 0.717) is 27.7 Å². The number of carbonyl (C=O) groups excluding carboxylic acids is 2. The molecule has 0 bridgehead atoms. The molecule has 0 fully saturated rings. The number of para-hydroxylation sites is 1. The second kappa shape index (κ2) is 12.1. The van der Waals surface area contributed by atoms with Gasteiger partial charge in [0.05, 0.1) is 11.9 Å². The third-order valence-corrected chi connectivity index (χ3v) is 7.24. The summed E-state index contributed by atoms with van der Waals surface area (Å²) in [7, 11) is -3.81. The number of aryl methyl sites for hydroxylation is 2. The first-order valence-corrected chi connectivity index (χ1v) is 13.9. The summed E-state index contributed by atoms with van der Waals surface area (Å²) in [5, 5.41) is 3.65. The van der Waals surface area contributed by atoms with Gasteiger partial charge >= 0.3 is 0 Å². The van der Waals surface area contributed by atoms with E-state index in [2.05, 4.69) is 5.32 Å². The first kappa shape index (κ1) is 28.9. The molecule has 1 N–H and O–H groups in total. The van der Waals surface area contributed by atoms with Gasteiger partial charge in [0.1, 0.15) is 12.6 Å². The van der Waals surface area contributed by atoms with Crippen molar-refractivity contribution in [3.05, 3.63) is 63.1 Å². The highest BCUT2D eigenvalue weighted by Crippen LogP contribution is 2.28. The van der Waals surface area contributed by atoms with Gasteiger partial charge in [0.25, 0.3) is 0 Å². The van der Waals surface area contributed by atoms with Crippen molar-refractivity contribution < 1.29 is 18.0 Å². The fourth-order valence-corrected chi connectivity index (χ4v) is 5.34. The van der Waals surface area contributed by atoms with Crippen LogP contribution in [-0.2, 0) is 26.2 Å². The number of nitrogens with zero attached hydrogens (tertiary/aromatic N) is 2. The van der Waals surface area contributed by atoms with Crippen molar-refractivity contribution in [1.82, 2.24) is 10.2 Å². The minimum atomic E-state index is -3.81. The second-order valence-electron chi connectivity index (χ2n) is 8.85. The Bertz CT molecular complexity index is 1160. The molecular formula is C25H33Cl2N3O4S. The van der Waals surface area contributed by atoms with Crippen LogP contribution in [0.3, 0.4) is 0 Å². The van der Waals surface area contributed by atoms with Crippen LogP contribution in [-0.4, -0.2) is 50.0 Å². The Hall–Kier alpha value is -2.29. The first-order chi connectivity index (χ1) is 16.3. The zero-order chi connectivity index (χ0) is 26.5. The number of hydrogen-bond donors (Lipinski definition) is 1. The molecule has 0 heterocycles. The molecule has 0 aliphatic carbocycles. The number of carbonyl (C=O) groups is 2. The molecular weight excluding hydrogens is 509 g/mol. The Labute approximate surface area is 218 Å². The van der Waals surface area contributed by atoms with E-state index in [-0.39, 0.29) is 18.5 Å². The molecule has 10 heteroatoms. The normalized spacial score (nSPS) is 12.4. The van der Waals surface area contributed by atoms with Crippen molar-refractivity contribution in [2.24, 2.45) is 0 Å². The first-order valence-electron chi connectivity index (χ1n) is 11.3. The van der Waals surface area contributed by atoms with E-state index >= 15 is 0 Å². The van der Waals surface area contributed by atoms with Gasteiger partial charge < -0.3 is 10.2 Å². The maximum atomic E-state index is 13.7. The molecule has 2 amide bonds. The summed E-state index contributed by atoms with van der Waals surface area (Å²) in [5.41, 5.74) is 2.49. The molecule has 2 rings (SSSR count). The van der Waals surface area contributed by atoms with Crippen LogP contribution in [0.5, 0.6) is 0 Å². The summed E-state index contributed by atoms with van der Waals surface area (Å²) < 4.78 is 26.7. The van der Waals surface area contributed by atoms with Crippen LogP contribution in [0.4, 0.5) is 5.69 Å². The third kappa shape index (κ3) is 7.59. The van der Waals surface area contributed by atoms with Crippen LogP contribution < -0.4 is 9.62 Å². The van der Waals surface area contributed by atoms with Crippen LogP contribution in [0.15, 0.2) is 36.4 Å². The van der Waals surface area contributed by atoms with Gasteiger partial charge in [-0.1, -0.05) is 54.4 Å². The highest BCUT2D eigenvalue weighted by atomic mass is 35.5. The average molecular weight is 543 g/mol. The fraction of sp³-hybridized carbons (Fsp3) is 0.440. The molecule has 2 aromatic rings. The van der Waals surface area contributed by atoms with Crippen LogP contribution >= 0.6 is 23.2 Å². The summed E-state index contributed by atoms with van der Waals surface area (Å²) in [5.74, 6) is -0.839. The number of amides is 2. The topological polar surface area (TPSA) is 86.8 Å². The molecule has 0 radical (unpaired) electrons. The maximum Gasteiger partial charge on any atom is 0.244 e. The predicted molar refractivity (Wildman–Crippen MR) is 142 cm³/mol. The average Bonchev–Trinajstić information content (AvgIpc) is 2.72. The molecule has 0 spiro atoms. The molecule has 1 atom stereocenters. The number of halogens is 2. The molecule has 0 saturated carbocycles. The molecule has 2 aromatic carbocycles. The third-order valence-electron chi connectivity index (χ3n) is 5.54. The number of hydrogen-bond acceptors (Lipinski definition) is 4. The number of anilines is 1. The summed E-state index contributed by atoms with van der Waals surface area (Å²) >= 11 is 12.4. The SMILES string of the molecule is CC[C@H](C(=O)NC(C)C)N(Cc1ccc(Cl)cc1Cl)C(=O)CN(c1c(C)cccc1C)S(C)(=O)=O. The Morgan fingerprint density at radius 1 is 1.06 bits per heavy atom. The van der Waals surface area contributed by atoms with Crippen molar-refractivity contribution in [2.45, 2.75) is 59.7 Å². The van der Waals surface area contributed by atoms with Gasteiger partial charge in [-0.2, -0.15) is 0 Å². The molecule has 0 aliphatic rings. The van der Waals surface area contributed by atoms with E-state index in [9.17, 15) is 18.0 Å². The maximum absolute atomic E-state index is 13.7. The summed E-state index contributed by atoms with van der Waals surface area (Å²) in [4.78, 5) is 28.2. The summed E-state index contributed by atoms with van der Waals surface area (Å²) in [6.45, 7) is 8.61. The zero-order valence-electron chi connectivity index (χ0n) is 20.9. The Morgan fingerprint density at radius 2 is 1.66 bits per heavy atom. The van der Waals surface area contributed by atoms with Crippen molar-refractivity contribution in [3.63, 3.8) is 0 Å². The van der Waals surface area contributed by atoms with Gasteiger partial charge in [0.15, 0.2) is 0 Å². The zero-order valence-corrected chi connectivity index (χ0v) is 23.3. The molecule has 7 nitrogen and oxygen atoms in total. The Kier molecular flexibility index (Phi) is 10.0. The Balaban J connectivity index is 2.54. The van der Waals surface area contributed by atoms with Crippen molar-refractivity contribution in [2.75, 3.05) is 17.1 Å². The van der Waals surface area contributed by atoms with Gasteiger partial charge in [0, 0.05) is 22.6 Å². The van der Waals surface area contributed by atoms with E-state index in [1.165, 1.54) is 4.90 Å². The largest absolute Gasteiger partial charge is 0.352 e. The van der Waals surface area contributed by atoms with Gasteiger partial charge in [-0.3, -0.25) is 13.9 Å². The van der Waals surface area contributed by atoms with Gasteiger partial charge in [-0.15, -0.1) is 0 Å². The van der Waals surface area contributed by atoms with Gasteiger partial charge in [-0.25, -0.2) is 8.42 Å². The Morgan fingerprint density at radius 3 is 2.14 bits per heavy atom. The van der Waals surface area contributed by atoms with Crippen LogP contribution in [0, 0.1) is 13.8 Å². The van der Waals surface area contributed by atoms with E-state index in [0.717, 1.165) is 21.7 Å². The van der Waals surface area contributed by atoms with Crippen molar-refractivity contribution >= 4 is 50.7 Å². The van der Waals surface area contributed by atoms with Crippen molar-refractivity contribution in [3.8, 4) is 0 Å². The standard InChI is InChI=1S/C25H33Cl2N3O4S/c1-7-22(25(32)28-16(2)3)29(14-19-11-12-20(26)13-21(19)27)23(31)15-30(35(6,33)34)24-17(4)9-8-10-18(24)5/h8-13,16,22H,7,14-15H2,1-6H3,(H,28,32)/t22-/m1/s1. The molecule has 0 aromatic heterocycles. The lowest BCUT2D eigenvalue weighted by molar-refractivity contribution is -0.140. The van der Waals surface area contributed by atoms with E-state index in [1.54, 1.807) is 51.1 Å². The minimum absolute atomic E-state index is 0.0171. The molecule has 35 heavy (non-hydrogen) atoms. The lowest BCUT2D eigenvalue weighted by Gasteiger charge is -2.34. The predicted octanol–water partition coefficient (Wildman–Crippen LogP) is 4.71. The summed E-state index contributed by atoms with van der Waals surface area (Å²) in [6, 6.07) is 9.37. The smallest absolute Gasteiger partial charge is 0.244 e. The number of sulfonamides is 1. The molecule has 0 saturated heterocycles. The molecule has 192 valence electrons. The highest BCUT2D eigenvalue weighted by molar-refractivity contribution is 7.92. The van der Waals surface area contributed by atoms with E-state index < -0.39 is 28.5 Å². The highest BCUT2D eigenvalue weighted by Gasteiger charge is 2.33. The number of nitrogens with one attached hydrogen (secondary N) is 1. The van der Waals surface area contributed by atoms with Gasteiger partial charge in [-0.05, 0) is 62.9 Å². The lowest BCUT2D eigenvalue weighted by atomic mass is 10.1. The van der Waals surface area contributed by atoms with Crippen LogP contribution in [0.25, 0.3) is 0 Å². The lowest BCUT2D eigenvalue weighted by Crippen LogP contribution is -2.53.